The van der Waals surface area contributed by atoms with E-state index in [1.165, 1.54) is 0 Å². The normalized spacial score (nSPS) is 19.5. The summed E-state index contributed by atoms with van der Waals surface area (Å²) < 4.78 is 26.2. The van der Waals surface area contributed by atoms with Gasteiger partial charge in [-0.1, -0.05) is 13.8 Å². The minimum Gasteiger partial charge on any atom is -0.204 e. The third kappa shape index (κ3) is 1.57. The van der Waals surface area contributed by atoms with Crippen LogP contribution in [0.1, 0.15) is 33.6 Å². The van der Waals surface area contributed by atoms with Crippen molar-refractivity contribution in [1.82, 2.24) is 0 Å². The van der Waals surface area contributed by atoms with Crippen LogP contribution in [0.25, 0.3) is 0 Å². The molecule has 68 valence electrons. The number of halogens is 2. The summed E-state index contributed by atoms with van der Waals surface area (Å²) in [6.45, 7) is 5.43. The lowest BCUT2D eigenvalue weighted by atomic mass is 9.90. The monoisotopic (exact) mass is 172 g/mol. The standard InChI is InChI=1S/C10H14F2/c1-6(2)8-5-4-7(3)9(11)10(8)12/h6H,4-5H2,1-3H3. The summed E-state index contributed by atoms with van der Waals surface area (Å²) in [6.07, 6.45) is 1.33. The molecule has 0 radical (unpaired) electrons. The molecule has 1 rings (SSSR count). The molecule has 0 unspecified atom stereocenters. The van der Waals surface area contributed by atoms with Gasteiger partial charge in [0.15, 0.2) is 11.7 Å². The first kappa shape index (κ1) is 9.43. The van der Waals surface area contributed by atoms with Crippen LogP contribution in [0.5, 0.6) is 0 Å². The molecule has 1 aliphatic rings. The van der Waals surface area contributed by atoms with Gasteiger partial charge in [0.05, 0.1) is 0 Å². The lowest BCUT2D eigenvalue weighted by Gasteiger charge is -2.18. The smallest absolute Gasteiger partial charge is 0.158 e. The van der Waals surface area contributed by atoms with Crippen molar-refractivity contribution in [2.24, 2.45) is 5.92 Å². The van der Waals surface area contributed by atoms with Crippen LogP contribution in [0.3, 0.4) is 0 Å². The molecule has 0 saturated carbocycles. The van der Waals surface area contributed by atoms with Crippen molar-refractivity contribution >= 4 is 0 Å². The average Bonchev–Trinajstić information content (AvgIpc) is 2.00. The van der Waals surface area contributed by atoms with E-state index in [0.29, 0.717) is 24.0 Å². The molecule has 0 aliphatic heterocycles. The van der Waals surface area contributed by atoms with Crippen LogP contribution in [0, 0.1) is 5.92 Å². The van der Waals surface area contributed by atoms with E-state index in [1.54, 1.807) is 6.92 Å². The molecule has 0 aromatic carbocycles. The molecule has 0 nitrogen and oxygen atoms in total. The Balaban J connectivity index is 3.03. The van der Waals surface area contributed by atoms with Crippen LogP contribution < -0.4 is 0 Å². The topological polar surface area (TPSA) is 0 Å². The Hall–Kier alpha value is -0.660. The van der Waals surface area contributed by atoms with Crippen LogP contribution in [0.4, 0.5) is 8.78 Å². The summed E-state index contributed by atoms with van der Waals surface area (Å²) in [6, 6.07) is 0. The van der Waals surface area contributed by atoms with E-state index in [9.17, 15) is 8.78 Å². The molecular formula is C10H14F2. The second kappa shape index (κ2) is 3.38. The van der Waals surface area contributed by atoms with Crippen molar-refractivity contribution in [3.8, 4) is 0 Å². The lowest BCUT2D eigenvalue weighted by Crippen LogP contribution is -2.04. The fourth-order valence-electron chi connectivity index (χ4n) is 1.41. The van der Waals surface area contributed by atoms with Crippen LogP contribution in [-0.4, -0.2) is 0 Å². The molecular weight excluding hydrogens is 158 g/mol. The molecule has 0 bridgehead atoms. The van der Waals surface area contributed by atoms with E-state index in [-0.39, 0.29) is 5.92 Å². The minimum absolute atomic E-state index is 0.115. The molecule has 12 heavy (non-hydrogen) atoms. The fourth-order valence-corrected chi connectivity index (χ4v) is 1.41. The highest BCUT2D eigenvalue weighted by atomic mass is 19.2. The van der Waals surface area contributed by atoms with Crippen LogP contribution >= 0.6 is 0 Å². The molecule has 0 aromatic rings. The SMILES string of the molecule is CC1=C(F)C(F)=C(C(C)C)CC1. The van der Waals surface area contributed by atoms with E-state index in [2.05, 4.69) is 0 Å². The summed E-state index contributed by atoms with van der Waals surface area (Å²) in [7, 11) is 0. The molecule has 0 heterocycles. The Morgan fingerprint density at radius 3 is 2.17 bits per heavy atom. The molecule has 0 aromatic heterocycles. The zero-order chi connectivity index (χ0) is 9.30. The third-order valence-electron chi connectivity index (χ3n) is 2.32. The summed E-state index contributed by atoms with van der Waals surface area (Å²) in [4.78, 5) is 0. The molecule has 1 aliphatic carbocycles. The lowest BCUT2D eigenvalue weighted by molar-refractivity contribution is 0.489. The van der Waals surface area contributed by atoms with Gasteiger partial charge in [-0.25, -0.2) is 8.78 Å². The predicted octanol–water partition coefficient (Wildman–Crippen LogP) is 3.90. The second-order valence-electron chi connectivity index (χ2n) is 3.59. The Bertz CT molecular complexity index is 247. The maximum atomic E-state index is 13.2. The highest BCUT2D eigenvalue weighted by Gasteiger charge is 2.21. The first-order valence-corrected chi connectivity index (χ1v) is 4.28. The van der Waals surface area contributed by atoms with Gasteiger partial charge in [-0.05, 0) is 36.8 Å². The van der Waals surface area contributed by atoms with Gasteiger partial charge in [0.1, 0.15) is 0 Å². The van der Waals surface area contributed by atoms with Gasteiger partial charge in [-0.15, -0.1) is 0 Å². The van der Waals surface area contributed by atoms with Crippen molar-refractivity contribution in [2.75, 3.05) is 0 Å². The molecule has 2 heteroatoms. The zero-order valence-electron chi connectivity index (χ0n) is 7.75. The highest BCUT2D eigenvalue weighted by Crippen LogP contribution is 2.35. The van der Waals surface area contributed by atoms with Crippen molar-refractivity contribution in [1.29, 1.82) is 0 Å². The van der Waals surface area contributed by atoms with Crippen LogP contribution in [-0.2, 0) is 0 Å². The fraction of sp³-hybridized carbons (Fsp3) is 0.600. The number of hydrogen-bond donors (Lipinski definition) is 0. The second-order valence-corrected chi connectivity index (χ2v) is 3.59. The number of allylic oxidation sites excluding steroid dienone is 4. The summed E-state index contributed by atoms with van der Waals surface area (Å²) in [5.74, 6) is -1.14. The molecule has 0 fully saturated rings. The minimum atomic E-state index is -0.634. The molecule has 0 saturated heterocycles. The Kier molecular flexibility index (Phi) is 2.65. The van der Waals surface area contributed by atoms with Gasteiger partial charge < -0.3 is 0 Å². The predicted molar refractivity (Wildman–Crippen MR) is 46.0 cm³/mol. The molecule has 0 atom stereocenters. The van der Waals surface area contributed by atoms with Crippen molar-refractivity contribution in [3.05, 3.63) is 22.8 Å². The number of rotatable bonds is 1. The van der Waals surface area contributed by atoms with Crippen LogP contribution in [0.2, 0.25) is 0 Å². The van der Waals surface area contributed by atoms with E-state index in [1.807, 2.05) is 13.8 Å². The zero-order valence-corrected chi connectivity index (χ0v) is 7.75. The summed E-state index contributed by atoms with van der Waals surface area (Å²) in [5, 5.41) is 0. The largest absolute Gasteiger partial charge is 0.204 e. The molecule has 0 spiro atoms. The van der Waals surface area contributed by atoms with Crippen molar-refractivity contribution in [3.63, 3.8) is 0 Å². The summed E-state index contributed by atoms with van der Waals surface area (Å²) >= 11 is 0. The first-order valence-electron chi connectivity index (χ1n) is 4.28. The molecule has 0 amide bonds. The average molecular weight is 172 g/mol. The quantitative estimate of drug-likeness (QED) is 0.562. The van der Waals surface area contributed by atoms with E-state index >= 15 is 0 Å². The third-order valence-corrected chi connectivity index (χ3v) is 2.32. The van der Waals surface area contributed by atoms with Crippen molar-refractivity contribution in [2.45, 2.75) is 33.6 Å². The summed E-state index contributed by atoms with van der Waals surface area (Å²) in [5.41, 5.74) is 1.16. The maximum Gasteiger partial charge on any atom is 0.158 e. The number of hydrogen-bond acceptors (Lipinski definition) is 0. The Morgan fingerprint density at radius 2 is 1.67 bits per heavy atom. The van der Waals surface area contributed by atoms with E-state index in [4.69, 9.17) is 0 Å². The van der Waals surface area contributed by atoms with Gasteiger partial charge in [0.2, 0.25) is 0 Å². The maximum absolute atomic E-state index is 13.2. The van der Waals surface area contributed by atoms with Gasteiger partial charge in [0.25, 0.3) is 0 Å². The van der Waals surface area contributed by atoms with Gasteiger partial charge in [0, 0.05) is 0 Å². The van der Waals surface area contributed by atoms with Crippen LogP contribution in [0.15, 0.2) is 22.8 Å². The first-order chi connectivity index (χ1) is 5.54. The van der Waals surface area contributed by atoms with Gasteiger partial charge in [-0.2, -0.15) is 0 Å². The Morgan fingerprint density at radius 1 is 1.08 bits per heavy atom. The Labute approximate surface area is 72.0 Å². The van der Waals surface area contributed by atoms with E-state index in [0.717, 1.165) is 0 Å². The van der Waals surface area contributed by atoms with E-state index < -0.39 is 11.7 Å². The van der Waals surface area contributed by atoms with Gasteiger partial charge >= 0.3 is 0 Å². The van der Waals surface area contributed by atoms with Gasteiger partial charge in [-0.3, -0.25) is 0 Å². The van der Waals surface area contributed by atoms with Crippen molar-refractivity contribution < 1.29 is 8.78 Å². The molecule has 0 N–H and O–H groups in total. The highest BCUT2D eigenvalue weighted by molar-refractivity contribution is 5.34.